The summed E-state index contributed by atoms with van der Waals surface area (Å²) in [7, 11) is 0. The van der Waals surface area contributed by atoms with Crippen molar-refractivity contribution in [1.82, 2.24) is 20.4 Å². The summed E-state index contributed by atoms with van der Waals surface area (Å²) >= 11 is 0. The Bertz CT molecular complexity index is 1010. The number of H-pyrrole nitrogens is 1. The molecular weight excluding hydrogens is 376 g/mol. The Labute approximate surface area is 165 Å². The van der Waals surface area contributed by atoms with Gasteiger partial charge in [0.2, 0.25) is 11.8 Å². The molecule has 0 spiro atoms. The van der Waals surface area contributed by atoms with Crippen LogP contribution in [0.25, 0.3) is 0 Å². The topological polar surface area (TPSA) is 150 Å². The lowest BCUT2D eigenvalue weighted by atomic mass is 10.0. The lowest BCUT2D eigenvalue weighted by Gasteiger charge is -2.27. The van der Waals surface area contributed by atoms with Crippen LogP contribution in [0.4, 0.5) is 5.82 Å². The lowest BCUT2D eigenvalue weighted by molar-refractivity contribution is -0.136. The average Bonchev–Trinajstić information content (AvgIpc) is 3.24. The number of benzene rings is 1. The van der Waals surface area contributed by atoms with Crippen LogP contribution >= 0.6 is 0 Å². The standard InChI is InChI=1S/C19H20N6O4/c20-7-6-11-8-14(24-23-11)21-9-10-2-1-3-12-16(10)19(29)25(18(12)28)13-4-5-15(26)22-17(13)27/h1-3,8,13H,4-7,9,20H2,(H2,21,23,24)(H,22,26,27). The molecule has 10 nitrogen and oxygen atoms in total. The van der Waals surface area contributed by atoms with Crippen molar-refractivity contribution in [2.45, 2.75) is 31.8 Å². The highest BCUT2D eigenvalue weighted by molar-refractivity contribution is 6.24. The number of carbonyl (C=O) groups is 4. The van der Waals surface area contributed by atoms with E-state index in [0.29, 0.717) is 24.3 Å². The van der Waals surface area contributed by atoms with Crippen LogP contribution in [0.15, 0.2) is 24.3 Å². The maximum absolute atomic E-state index is 13.0. The van der Waals surface area contributed by atoms with Crippen molar-refractivity contribution < 1.29 is 19.2 Å². The number of rotatable bonds is 6. The molecule has 2 aromatic rings. The van der Waals surface area contributed by atoms with E-state index >= 15 is 0 Å². The van der Waals surface area contributed by atoms with Gasteiger partial charge in [0.25, 0.3) is 11.8 Å². The molecule has 2 aliphatic heterocycles. The molecule has 5 N–H and O–H groups in total. The Morgan fingerprint density at radius 3 is 2.79 bits per heavy atom. The summed E-state index contributed by atoms with van der Waals surface area (Å²) in [5, 5.41) is 12.3. The second-order valence-electron chi connectivity index (χ2n) is 6.96. The number of fused-ring (bicyclic) bond motifs is 1. The van der Waals surface area contributed by atoms with Gasteiger partial charge in [0.05, 0.1) is 11.1 Å². The first kappa shape index (κ1) is 18.8. The van der Waals surface area contributed by atoms with Gasteiger partial charge < -0.3 is 11.1 Å². The molecule has 0 radical (unpaired) electrons. The molecule has 150 valence electrons. The number of nitrogens with two attached hydrogens (primary N) is 1. The van der Waals surface area contributed by atoms with Gasteiger partial charge in [-0.25, -0.2) is 0 Å². The number of hydrogen-bond donors (Lipinski definition) is 4. The van der Waals surface area contributed by atoms with Crippen LogP contribution in [0.1, 0.15) is 44.8 Å². The Morgan fingerprint density at radius 2 is 2.03 bits per heavy atom. The fourth-order valence-corrected chi connectivity index (χ4v) is 3.65. The largest absolute Gasteiger partial charge is 0.364 e. The smallest absolute Gasteiger partial charge is 0.262 e. The Morgan fingerprint density at radius 1 is 1.21 bits per heavy atom. The first-order valence-electron chi connectivity index (χ1n) is 9.31. The van der Waals surface area contributed by atoms with Crippen LogP contribution in [0.3, 0.4) is 0 Å². The Balaban J connectivity index is 1.56. The zero-order valence-electron chi connectivity index (χ0n) is 15.5. The van der Waals surface area contributed by atoms with Crippen molar-refractivity contribution in [3.63, 3.8) is 0 Å². The normalized spacial score (nSPS) is 18.8. The number of amides is 4. The number of anilines is 1. The van der Waals surface area contributed by atoms with Crippen LogP contribution < -0.4 is 16.4 Å². The fraction of sp³-hybridized carbons (Fsp3) is 0.316. The molecule has 0 saturated carbocycles. The van der Waals surface area contributed by atoms with Gasteiger partial charge >= 0.3 is 0 Å². The van der Waals surface area contributed by atoms with E-state index in [4.69, 9.17) is 5.73 Å². The number of nitrogens with one attached hydrogen (secondary N) is 3. The molecule has 0 aliphatic carbocycles. The first-order chi connectivity index (χ1) is 14.0. The summed E-state index contributed by atoms with van der Waals surface area (Å²) in [6.45, 7) is 0.777. The van der Waals surface area contributed by atoms with E-state index in [0.717, 1.165) is 10.6 Å². The molecule has 1 aromatic heterocycles. The van der Waals surface area contributed by atoms with Gasteiger partial charge in [-0.3, -0.25) is 34.5 Å². The maximum atomic E-state index is 13.0. The predicted molar refractivity (Wildman–Crippen MR) is 102 cm³/mol. The van der Waals surface area contributed by atoms with Crippen molar-refractivity contribution >= 4 is 29.4 Å². The highest BCUT2D eigenvalue weighted by Crippen LogP contribution is 2.30. The van der Waals surface area contributed by atoms with Gasteiger partial charge in [-0.1, -0.05) is 12.1 Å². The van der Waals surface area contributed by atoms with Crippen molar-refractivity contribution in [2.24, 2.45) is 5.73 Å². The van der Waals surface area contributed by atoms with Gasteiger partial charge in [0.15, 0.2) is 0 Å². The van der Waals surface area contributed by atoms with Gasteiger partial charge in [-0.05, 0) is 24.6 Å². The molecule has 1 unspecified atom stereocenters. The number of aromatic amines is 1. The fourth-order valence-electron chi connectivity index (χ4n) is 3.65. The van der Waals surface area contributed by atoms with Crippen molar-refractivity contribution in [2.75, 3.05) is 11.9 Å². The number of hydrogen-bond acceptors (Lipinski definition) is 7. The quantitative estimate of drug-likeness (QED) is 0.499. The predicted octanol–water partition coefficient (Wildman–Crippen LogP) is -0.0758. The van der Waals surface area contributed by atoms with E-state index in [2.05, 4.69) is 20.8 Å². The van der Waals surface area contributed by atoms with E-state index < -0.39 is 29.7 Å². The minimum Gasteiger partial charge on any atom is -0.364 e. The number of carbonyl (C=O) groups excluding carboxylic acids is 4. The SMILES string of the molecule is NCCc1cc(NCc2cccc3c2C(=O)N(C2CCC(=O)NC2=O)C3=O)n[nH]1. The monoisotopic (exact) mass is 396 g/mol. The highest BCUT2D eigenvalue weighted by Gasteiger charge is 2.45. The minimum absolute atomic E-state index is 0.0858. The lowest BCUT2D eigenvalue weighted by Crippen LogP contribution is -2.54. The molecule has 4 rings (SSSR count). The van der Waals surface area contributed by atoms with Crippen LogP contribution in [-0.4, -0.2) is 51.3 Å². The van der Waals surface area contributed by atoms with Crippen molar-refractivity contribution in [1.29, 1.82) is 0 Å². The Hall–Kier alpha value is -3.53. The zero-order valence-corrected chi connectivity index (χ0v) is 15.5. The average molecular weight is 396 g/mol. The highest BCUT2D eigenvalue weighted by atomic mass is 16.2. The van der Waals surface area contributed by atoms with Gasteiger partial charge in [0.1, 0.15) is 11.9 Å². The van der Waals surface area contributed by atoms with Crippen LogP contribution in [0.5, 0.6) is 0 Å². The third kappa shape index (κ3) is 3.38. The van der Waals surface area contributed by atoms with Crippen LogP contribution in [0.2, 0.25) is 0 Å². The van der Waals surface area contributed by atoms with Gasteiger partial charge in [-0.15, -0.1) is 0 Å². The van der Waals surface area contributed by atoms with E-state index in [1.165, 1.54) is 0 Å². The summed E-state index contributed by atoms with van der Waals surface area (Å²) in [5.74, 6) is -1.47. The number of nitrogens with zero attached hydrogens (tertiary/aromatic N) is 2. The van der Waals surface area contributed by atoms with Crippen LogP contribution in [-0.2, 0) is 22.6 Å². The molecule has 0 bridgehead atoms. The summed E-state index contributed by atoms with van der Waals surface area (Å²) in [4.78, 5) is 50.4. The zero-order chi connectivity index (χ0) is 20.5. The molecule has 4 amide bonds. The van der Waals surface area contributed by atoms with E-state index in [9.17, 15) is 19.2 Å². The first-order valence-corrected chi connectivity index (χ1v) is 9.31. The number of piperidine rings is 1. The van der Waals surface area contributed by atoms with E-state index in [1.807, 2.05) is 6.07 Å². The molecule has 1 atom stereocenters. The van der Waals surface area contributed by atoms with Gasteiger partial charge in [-0.2, -0.15) is 5.10 Å². The summed E-state index contributed by atoms with van der Waals surface area (Å²) < 4.78 is 0. The molecule has 29 heavy (non-hydrogen) atoms. The number of aromatic nitrogens is 2. The molecule has 2 aliphatic rings. The summed E-state index contributed by atoms with van der Waals surface area (Å²) in [6.07, 6.45) is 0.882. The Kier molecular flexibility index (Phi) is 4.85. The molecular formula is C19H20N6O4. The molecule has 10 heteroatoms. The van der Waals surface area contributed by atoms with E-state index in [-0.39, 0.29) is 30.5 Å². The van der Waals surface area contributed by atoms with Crippen LogP contribution in [0, 0.1) is 0 Å². The minimum atomic E-state index is -0.980. The molecule has 1 fully saturated rings. The number of imide groups is 2. The summed E-state index contributed by atoms with van der Waals surface area (Å²) in [5.41, 5.74) is 7.57. The molecule has 3 heterocycles. The second kappa shape index (κ2) is 7.47. The molecule has 1 aromatic carbocycles. The van der Waals surface area contributed by atoms with Gasteiger partial charge in [0, 0.05) is 31.1 Å². The van der Waals surface area contributed by atoms with E-state index in [1.54, 1.807) is 18.2 Å². The molecule has 1 saturated heterocycles. The van der Waals surface area contributed by atoms with Crippen molar-refractivity contribution in [3.8, 4) is 0 Å². The summed E-state index contributed by atoms with van der Waals surface area (Å²) in [6, 6.07) is 5.86. The van der Waals surface area contributed by atoms with Crippen molar-refractivity contribution in [3.05, 3.63) is 46.6 Å². The third-order valence-electron chi connectivity index (χ3n) is 5.06. The second-order valence-corrected chi connectivity index (χ2v) is 6.96. The third-order valence-corrected chi connectivity index (χ3v) is 5.06. The maximum Gasteiger partial charge on any atom is 0.262 e.